The number of benzene rings is 1. The highest BCUT2D eigenvalue weighted by Gasteiger charge is 1.95. The summed E-state index contributed by atoms with van der Waals surface area (Å²) in [5, 5.41) is 0. The van der Waals surface area contributed by atoms with Gasteiger partial charge in [-0.3, -0.25) is 0 Å². The fraction of sp³-hybridized carbons (Fsp3) is 0.143. The monoisotopic (exact) mass is 266 g/mol. The molecule has 0 saturated carbocycles. The molecular formula is C7H7IOS. The molecule has 0 aromatic heterocycles. The number of hydrogen-bond acceptors (Lipinski definition) is 1. The molecule has 1 aromatic rings. The third-order valence-corrected chi connectivity index (χ3v) is 3.37. The summed E-state index contributed by atoms with van der Waals surface area (Å²) in [6, 6.07) is 7.70. The van der Waals surface area contributed by atoms with Gasteiger partial charge in [0.1, 0.15) is 7.97 Å². The van der Waals surface area contributed by atoms with Crippen molar-refractivity contribution < 1.29 is 4.21 Å². The SMILES string of the molecule is Cc1ccc(S(=O)I)cc1. The smallest absolute Gasteiger partial charge is 0.115 e. The highest BCUT2D eigenvalue weighted by Crippen LogP contribution is 2.12. The first kappa shape index (κ1) is 8.20. The van der Waals surface area contributed by atoms with E-state index in [0.29, 0.717) is 0 Å². The Kier molecular flexibility index (Phi) is 2.85. The fourth-order valence-electron chi connectivity index (χ4n) is 0.645. The van der Waals surface area contributed by atoms with Crippen molar-refractivity contribution >= 4 is 29.2 Å². The van der Waals surface area contributed by atoms with Crippen LogP contribution in [0.5, 0.6) is 0 Å². The summed E-state index contributed by atoms with van der Waals surface area (Å²) in [6.45, 7) is 2.01. The van der Waals surface area contributed by atoms with Crippen molar-refractivity contribution in [2.75, 3.05) is 0 Å². The van der Waals surface area contributed by atoms with Crippen molar-refractivity contribution in [1.29, 1.82) is 0 Å². The van der Waals surface area contributed by atoms with Crippen LogP contribution in [0.3, 0.4) is 0 Å². The minimum Gasteiger partial charge on any atom is -0.243 e. The Balaban J connectivity index is 3.00. The van der Waals surface area contributed by atoms with Crippen LogP contribution in [0.15, 0.2) is 29.2 Å². The molecule has 0 aliphatic carbocycles. The van der Waals surface area contributed by atoms with Crippen LogP contribution in [0.25, 0.3) is 0 Å². The van der Waals surface area contributed by atoms with Crippen LogP contribution in [-0.4, -0.2) is 4.21 Å². The Labute approximate surface area is 74.9 Å². The Bertz CT molecular complexity index is 242. The Morgan fingerprint density at radius 1 is 1.30 bits per heavy atom. The standard InChI is InChI=1S/C7H7IOS/c1-6-2-4-7(5-3-6)10(8)9/h2-5H,1H3. The van der Waals surface area contributed by atoms with Gasteiger partial charge in [-0.05, 0) is 19.1 Å². The summed E-state index contributed by atoms with van der Waals surface area (Å²) in [7, 11) is -0.867. The summed E-state index contributed by atoms with van der Waals surface area (Å²) >= 11 is 1.89. The van der Waals surface area contributed by atoms with E-state index in [4.69, 9.17) is 0 Å². The van der Waals surface area contributed by atoms with Gasteiger partial charge in [-0.15, -0.1) is 0 Å². The number of hydrogen-bond donors (Lipinski definition) is 0. The quantitative estimate of drug-likeness (QED) is 0.563. The minimum atomic E-state index is -0.867. The van der Waals surface area contributed by atoms with Crippen LogP contribution >= 0.6 is 21.2 Å². The summed E-state index contributed by atoms with van der Waals surface area (Å²) in [6.07, 6.45) is 0. The average molecular weight is 266 g/mol. The maximum absolute atomic E-state index is 10.9. The summed E-state index contributed by atoms with van der Waals surface area (Å²) in [5.74, 6) is 0. The van der Waals surface area contributed by atoms with Crippen molar-refractivity contribution in [2.24, 2.45) is 0 Å². The molecule has 1 aromatic carbocycles. The van der Waals surface area contributed by atoms with Gasteiger partial charge in [0, 0.05) is 26.1 Å². The summed E-state index contributed by atoms with van der Waals surface area (Å²) in [4.78, 5) is 0.881. The van der Waals surface area contributed by atoms with E-state index in [2.05, 4.69) is 0 Å². The molecule has 1 atom stereocenters. The Morgan fingerprint density at radius 2 is 1.80 bits per heavy atom. The van der Waals surface area contributed by atoms with Crippen molar-refractivity contribution in [3.63, 3.8) is 0 Å². The second-order valence-electron chi connectivity index (χ2n) is 2.04. The summed E-state index contributed by atoms with van der Waals surface area (Å²) in [5.41, 5.74) is 1.20. The number of aryl methyl sites for hydroxylation is 1. The van der Waals surface area contributed by atoms with E-state index in [9.17, 15) is 4.21 Å². The molecule has 1 rings (SSSR count). The van der Waals surface area contributed by atoms with Crippen LogP contribution in [0.4, 0.5) is 0 Å². The molecule has 10 heavy (non-hydrogen) atoms. The van der Waals surface area contributed by atoms with E-state index in [0.717, 1.165) is 4.90 Å². The predicted molar refractivity (Wildman–Crippen MR) is 51.6 cm³/mol. The molecule has 3 heteroatoms. The van der Waals surface area contributed by atoms with Gasteiger partial charge in [0.05, 0.1) is 0 Å². The predicted octanol–water partition coefficient (Wildman–Crippen LogP) is 2.45. The van der Waals surface area contributed by atoms with E-state index in [1.54, 1.807) is 0 Å². The molecule has 0 aliphatic heterocycles. The molecular weight excluding hydrogens is 259 g/mol. The third kappa shape index (κ3) is 2.05. The first-order valence-electron chi connectivity index (χ1n) is 2.85. The number of rotatable bonds is 1. The second-order valence-corrected chi connectivity index (χ2v) is 5.35. The van der Waals surface area contributed by atoms with E-state index in [1.165, 1.54) is 5.56 Å². The van der Waals surface area contributed by atoms with Crippen LogP contribution < -0.4 is 0 Å². The lowest BCUT2D eigenvalue weighted by Crippen LogP contribution is -1.79. The fourth-order valence-corrected chi connectivity index (χ4v) is 1.88. The van der Waals surface area contributed by atoms with Crippen LogP contribution in [0, 0.1) is 6.92 Å². The number of halogens is 1. The van der Waals surface area contributed by atoms with Gasteiger partial charge < -0.3 is 0 Å². The van der Waals surface area contributed by atoms with Crippen LogP contribution in [0.1, 0.15) is 5.56 Å². The zero-order valence-corrected chi connectivity index (χ0v) is 8.48. The zero-order valence-electron chi connectivity index (χ0n) is 5.50. The Hall–Kier alpha value is 0.1000. The largest absolute Gasteiger partial charge is 0.243 e. The lowest BCUT2D eigenvalue weighted by atomic mass is 10.2. The molecule has 1 unspecified atom stereocenters. The van der Waals surface area contributed by atoms with E-state index < -0.39 is 7.97 Å². The van der Waals surface area contributed by atoms with Crippen molar-refractivity contribution in [3.05, 3.63) is 29.8 Å². The Morgan fingerprint density at radius 3 is 2.20 bits per heavy atom. The molecule has 0 heterocycles. The maximum atomic E-state index is 10.9. The van der Waals surface area contributed by atoms with Gasteiger partial charge in [0.25, 0.3) is 0 Å². The molecule has 0 N–H and O–H groups in total. The van der Waals surface area contributed by atoms with Crippen molar-refractivity contribution in [3.8, 4) is 0 Å². The highest BCUT2D eigenvalue weighted by atomic mass is 127. The first-order valence-corrected chi connectivity index (χ1v) is 6.54. The second kappa shape index (κ2) is 3.48. The lowest BCUT2D eigenvalue weighted by Gasteiger charge is -1.93. The van der Waals surface area contributed by atoms with Gasteiger partial charge >= 0.3 is 0 Å². The molecule has 0 radical (unpaired) electrons. The van der Waals surface area contributed by atoms with Crippen LogP contribution in [0.2, 0.25) is 0 Å². The summed E-state index contributed by atoms with van der Waals surface area (Å²) < 4.78 is 10.9. The normalized spacial score (nSPS) is 13.0. The molecule has 0 fully saturated rings. The van der Waals surface area contributed by atoms with Gasteiger partial charge in [0.2, 0.25) is 0 Å². The zero-order chi connectivity index (χ0) is 7.56. The molecule has 0 aliphatic rings. The maximum Gasteiger partial charge on any atom is 0.115 e. The molecule has 0 spiro atoms. The van der Waals surface area contributed by atoms with Crippen LogP contribution in [-0.2, 0) is 7.97 Å². The van der Waals surface area contributed by atoms with Gasteiger partial charge in [-0.1, -0.05) is 17.7 Å². The third-order valence-electron chi connectivity index (χ3n) is 1.21. The lowest BCUT2D eigenvalue weighted by molar-refractivity contribution is 0.693. The van der Waals surface area contributed by atoms with Crippen molar-refractivity contribution in [2.45, 2.75) is 11.8 Å². The molecule has 1 nitrogen and oxygen atoms in total. The average Bonchev–Trinajstić information content (AvgIpc) is 1.88. The molecule has 0 amide bonds. The highest BCUT2D eigenvalue weighted by molar-refractivity contribution is 14.2. The first-order chi connectivity index (χ1) is 4.70. The van der Waals surface area contributed by atoms with Gasteiger partial charge in [-0.25, -0.2) is 4.21 Å². The van der Waals surface area contributed by atoms with E-state index >= 15 is 0 Å². The van der Waals surface area contributed by atoms with Crippen molar-refractivity contribution in [1.82, 2.24) is 0 Å². The topological polar surface area (TPSA) is 17.1 Å². The van der Waals surface area contributed by atoms with Gasteiger partial charge in [-0.2, -0.15) is 0 Å². The van der Waals surface area contributed by atoms with E-state index in [-0.39, 0.29) is 0 Å². The van der Waals surface area contributed by atoms with E-state index in [1.807, 2.05) is 52.4 Å². The minimum absolute atomic E-state index is 0.867. The molecule has 0 bridgehead atoms. The molecule has 54 valence electrons. The molecule has 0 saturated heterocycles. The van der Waals surface area contributed by atoms with Gasteiger partial charge in [0.15, 0.2) is 0 Å².